The molecule has 1 saturated carbocycles. The van der Waals surface area contributed by atoms with E-state index in [9.17, 15) is 19.2 Å². The average Bonchev–Trinajstić information content (AvgIpc) is 3.02. The van der Waals surface area contributed by atoms with Crippen molar-refractivity contribution in [1.82, 2.24) is 9.80 Å². The van der Waals surface area contributed by atoms with E-state index in [1.165, 1.54) is 25.7 Å². The smallest absolute Gasteiger partial charge is 0.306 e. The van der Waals surface area contributed by atoms with E-state index in [-0.39, 0.29) is 37.3 Å². The van der Waals surface area contributed by atoms with Crippen LogP contribution in [0.2, 0.25) is 0 Å². The quantitative estimate of drug-likeness (QED) is 0.530. The summed E-state index contributed by atoms with van der Waals surface area (Å²) in [6.45, 7) is 1.45. The maximum Gasteiger partial charge on any atom is 0.306 e. The van der Waals surface area contributed by atoms with Crippen LogP contribution >= 0.6 is 0 Å². The maximum absolute atomic E-state index is 12.4. The Bertz CT molecular complexity index is 817. The molecule has 0 N–H and O–H groups in total. The normalized spacial score (nSPS) is 23.2. The average molecular weight is 412 g/mol. The zero-order chi connectivity index (χ0) is 21.1. The molecule has 0 spiro atoms. The topological polar surface area (TPSA) is 84.0 Å². The number of fused-ring (bicyclic) bond motifs is 2. The highest BCUT2D eigenvalue weighted by molar-refractivity contribution is 6.21. The lowest BCUT2D eigenvalue weighted by Gasteiger charge is -2.41. The highest BCUT2D eigenvalue weighted by Gasteiger charge is 2.35. The van der Waals surface area contributed by atoms with Gasteiger partial charge in [-0.2, -0.15) is 0 Å². The second-order valence-electron chi connectivity index (χ2n) is 8.50. The lowest BCUT2D eigenvalue weighted by Crippen LogP contribution is -2.46. The van der Waals surface area contributed by atoms with Crippen LogP contribution in [-0.4, -0.2) is 59.7 Å². The predicted octanol–water partition coefficient (Wildman–Crippen LogP) is 2.64. The van der Waals surface area contributed by atoms with Crippen molar-refractivity contribution < 1.29 is 23.9 Å². The molecule has 0 aromatic heterocycles. The van der Waals surface area contributed by atoms with Crippen LogP contribution in [0.25, 0.3) is 0 Å². The Morgan fingerprint density at radius 1 is 0.967 bits per heavy atom. The molecule has 2 fully saturated rings. The molecule has 1 aliphatic carbocycles. The molecule has 7 nitrogen and oxygen atoms in total. The minimum absolute atomic E-state index is 0.0609. The van der Waals surface area contributed by atoms with Crippen LogP contribution in [0.4, 0.5) is 0 Å². The van der Waals surface area contributed by atoms with Gasteiger partial charge in [-0.05, 0) is 43.2 Å². The Balaban J connectivity index is 1.17. The van der Waals surface area contributed by atoms with E-state index in [0.29, 0.717) is 23.5 Å². The number of esters is 1. The Hall–Kier alpha value is -2.70. The molecule has 3 amide bonds. The summed E-state index contributed by atoms with van der Waals surface area (Å²) < 4.78 is 5.15. The monoisotopic (exact) mass is 412 g/mol. The molecule has 1 aromatic rings. The lowest BCUT2D eigenvalue weighted by molar-refractivity contribution is -0.153. The molecule has 3 aliphatic rings. The van der Waals surface area contributed by atoms with E-state index in [1.807, 2.05) is 4.90 Å². The Morgan fingerprint density at radius 2 is 1.63 bits per heavy atom. The number of likely N-dealkylation sites (tertiary alicyclic amines) is 1. The van der Waals surface area contributed by atoms with Gasteiger partial charge in [0.15, 0.2) is 6.61 Å². The van der Waals surface area contributed by atoms with Gasteiger partial charge in [0.2, 0.25) is 0 Å². The molecule has 30 heavy (non-hydrogen) atoms. The van der Waals surface area contributed by atoms with E-state index in [1.54, 1.807) is 24.3 Å². The summed E-state index contributed by atoms with van der Waals surface area (Å²) in [6, 6.07) is 6.70. The summed E-state index contributed by atoms with van der Waals surface area (Å²) in [5, 5.41) is 0. The molecule has 1 aromatic carbocycles. The van der Waals surface area contributed by atoms with Gasteiger partial charge >= 0.3 is 5.97 Å². The number of imide groups is 1. The molecule has 0 bridgehead atoms. The van der Waals surface area contributed by atoms with Crippen LogP contribution in [0.5, 0.6) is 0 Å². The van der Waals surface area contributed by atoms with Crippen LogP contribution in [0, 0.1) is 11.8 Å². The SMILES string of the molecule is O=C(CCCN1C(=O)c2ccccc2C1=O)OCC(=O)N1CC[C@H]2CCCC[C@H]2C1. The number of piperidine rings is 1. The van der Waals surface area contributed by atoms with Gasteiger partial charge in [-0.3, -0.25) is 24.1 Å². The third-order valence-electron chi connectivity index (χ3n) is 6.64. The number of nitrogens with zero attached hydrogens (tertiary/aromatic N) is 2. The molecule has 0 unspecified atom stereocenters. The summed E-state index contributed by atoms with van der Waals surface area (Å²) in [7, 11) is 0. The van der Waals surface area contributed by atoms with Crippen molar-refractivity contribution in [3.8, 4) is 0 Å². The van der Waals surface area contributed by atoms with Crippen molar-refractivity contribution in [3.63, 3.8) is 0 Å². The standard InChI is InChI=1S/C23H28N2O5/c26-20(24-13-11-16-6-1-2-7-17(16)14-24)15-30-21(27)10-5-12-25-22(28)18-8-3-4-9-19(18)23(25)29/h3-4,8-9,16-17H,1-2,5-7,10-15H2/t16-,17+/m1/s1. The van der Waals surface area contributed by atoms with Crippen LogP contribution in [0.15, 0.2) is 24.3 Å². The zero-order valence-electron chi connectivity index (χ0n) is 17.2. The van der Waals surface area contributed by atoms with Gasteiger partial charge in [0.1, 0.15) is 0 Å². The molecule has 160 valence electrons. The Morgan fingerprint density at radius 3 is 2.33 bits per heavy atom. The summed E-state index contributed by atoms with van der Waals surface area (Å²) in [6.07, 6.45) is 6.42. The van der Waals surface area contributed by atoms with Crippen molar-refractivity contribution in [1.29, 1.82) is 0 Å². The minimum Gasteiger partial charge on any atom is -0.456 e. The molecule has 2 aliphatic heterocycles. The fourth-order valence-electron chi connectivity index (χ4n) is 4.96. The van der Waals surface area contributed by atoms with Crippen molar-refractivity contribution in [2.45, 2.75) is 44.9 Å². The van der Waals surface area contributed by atoms with E-state index in [4.69, 9.17) is 4.74 Å². The van der Waals surface area contributed by atoms with Crippen molar-refractivity contribution in [2.75, 3.05) is 26.2 Å². The van der Waals surface area contributed by atoms with Crippen LogP contribution in [-0.2, 0) is 14.3 Å². The first-order valence-corrected chi connectivity index (χ1v) is 10.9. The van der Waals surface area contributed by atoms with Crippen LogP contribution < -0.4 is 0 Å². The molecule has 0 radical (unpaired) electrons. The third-order valence-corrected chi connectivity index (χ3v) is 6.64. The first-order chi connectivity index (χ1) is 14.5. The maximum atomic E-state index is 12.4. The number of ether oxygens (including phenoxy) is 1. The van der Waals surface area contributed by atoms with E-state index in [2.05, 4.69) is 0 Å². The number of hydrogen-bond acceptors (Lipinski definition) is 5. The zero-order valence-corrected chi connectivity index (χ0v) is 17.2. The molecular weight excluding hydrogens is 384 g/mol. The fraction of sp³-hybridized carbons (Fsp3) is 0.565. The first-order valence-electron chi connectivity index (χ1n) is 10.9. The molecule has 1 saturated heterocycles. The summed E-state index contributed by atoms with van der Waals surface area (Å²) in [5.74, 6) is 0.0649. The van der Waals surface area contributed by atoms with Gasteiger partial charge in [0.05, 0.1) is 11.1 Å². The third kappa shape index (κ3) is 4.25. The molecule has 7 heteroatoms. The predicted molar refractivity (Wildman–Crippen MR) is 109 cm³/mol. The number of amides is 3. The number of benzene rings is 1. The Kier molecular flexibility index (Phi) is 6.16. The summed E-state index contributed by atoms with van der Waals surface area (Å²) >= 11 is 0. The minimum atomic E-state index is -0.479. The van der Waals surface area contributed by atoms with Crippen LogP contribution in [0.1, 0.15) is 65.7 Å². The van der Waals surface area contributed by atoms with Crippen molar-refractivity contribution in [3.05, 3.63) is 35.4 Å². The fourth-order valence-corrected chi connectivity index (χ4v) is 4.96. The number of rotatable bonds is 6. The second-order valence-corrected chi connectivity index (χ2v) is 8.50. The van der Waals surface area contributed by atoms with Gasteiger partial charge in [-0.25, -0.2) is 0 Å². The van der Waals surface area contributed by atoms with Gasteiger partial charge in [0, 0.05) is 26.1 Å². The lowest BCUT2D eigenvalue weighted by atomic mass is 9.75. The van der Waals surface area contributed by atoms with Gasteiger partial charge in [-0.1, -0.05) is 31.4 Å². The largest absolute Gasteiger partial charge is 0.456 e. The van der Waals surface area contributed by atoms with Crippen LogP contribution in [0.3, 0.4) is 0 Å². The van der Waals surface area contributed by atoms with E-state index >= 15 is 0 Å². The Labute approximate surface area is 176 Å². The van der Waals surface area contributed by atoms with Crippen molar-refractivity contribution >= 4 is 23.7 Å². The molecular formula is C23H28N2O5. The molecule has 4 rings (SSSR count). The van der Waals surface area contributed by atoms with E-state index in [0.717, 1.165) is 30.3 Å². The summed E-state index contributed by atoms with van der Waals surface area (Å²) in [5.41, 5.74) is 0.801. The van der Waals surface area contributed by atoms with Gasteiger partial charge in [-0.15, -0.1) is 0 Å². The van der Waals surface area contributed by atoms with Gasteiger partial charge < -0.3 is 9.64 Å². The number of carbonyl (C=O) groups excluding carboxylic acids is 4. The second kappa shape index (κ2) is 8.98. The summed E-state index contributed by atoms with van der Waals surface area (Å²) in [4.78, 5) is 52.1. The van der Waals surface area contributed by atoms with Gasteiger partial charge in [0.25, 0.3) is 17.7 Å². The molecule has 2 atom stereocenters. The highest BCUT2D eigenvalue weighted by Crippen LogP contribution is 2.36. The van der Waals surface area contributed by atoms with E-state index < -0.39 is 5.97 Å². The number of hydrogen-bond donors (Lipinski definition) is 0. The highest BCUT2D eigenvalue weighted by atomic mass is 16.5. The molecule has 2 heterocycles. The number of carbonyl (C=O) groups is 4. The first kappa shape index (κ1) is 20.6. The van der Waals surface area contributed by atoms with Crippen molar-refractivity contribution in [2.24, 2.45) is 11.8 Å².